The van der Waals surface area contributed by atoms with Crippen LogP contribution in [-0.2, 0) is 0 Å². The van der Waals surface area contributed by atoms with Gasteiger partial charge in [-0.25, -0.2) is 0 Å². The van der Waals surface area contributed by atoms with Gasteiger partial charge in [0.05, 0.1) is 17.1 Å². The van der Waals surface area contributed by atoms with Crippen molar-refractivity contribution in [3.8, 4) is 0 Å². The Morgan fingerprint density at radius 2 is 0.887 bits per heavy atom. The Hall–Kier alpha value is -6.45. The molecule has 1 aliphatic rings. The second-order valence-electron chi connectivity index (χ2n) is 17.6. The number of hydrogen-bond donors (Lipinski definition) is 0. The lowest BCUT2D eigenvalue weighted by Gasteiger charge is -2.14. The Labute approximate surface area is 434 Å². The molecule has 0 radical (unpaired) electrons. The largest absolute Gasteiger partial charge is 0.253 e. The van der Waals surface area contributed by atoms with Gasteiger partial charge in [0.25, 0.3) is 0 Å². The van der Waals surface area contributed by atoms with Crippen LogP contribution in [0.3, 0.4) is 0 Å². The molecule has 0 heterocycles. The maximum Gasteiger partial charge on any atom is 0.0662 e. The molecule has 3 nitrogen and oxygen atoms in total. The van der Waals surface area contributed by atoms with E-state index >= 15 is 0 Å². The van der Waals surface area contributed by atoms with Crippen molar-refractivity contribution >= 4 is 34.2 Å². The van der Waals surface area contributed by atoms with E-state index in [9.17, 15) is 0 Å². The number of hydrogen-bond acceptors (Lipinski definition) is 3. The monoisotopic (exact) mass is 950 g/mol. The van der Waals surface area contributed by atoms with Gasteiger partial charge in [0.15, 0.2) is 0 Å². The Balaban J connectivity index is 0.000000632. The molecule has 0 aromatic heterocycles. The molecule has 378 valence electrons. The van der Waals surface area contributed by atoms with Gasteiger partial charge in [-0.05, 0) is 188 Å². The predicted molar refractivity (Wildman–Crippen MR) is 323 cm³/mol. The summed E-state index contributed by atoms with van der Waals surface area (Å²) in [6.45, 7) is 33.4. The third-order valence-corrected chi connectivity index (χ3v) is 11.5. The molecule has 4 aromatic rings. The average molecular weight is 950 g/mol. The van der Waals surface area contributed by atoms with Gasteiger partial charge in [0.2, 0.25) is 0 Å². The van der Waals surface area contributed by atoms with E-state index in [-0.39, 0.29) is 0 Å². The maximum absolute atomic E-state index is 5.20. The molecule has 0 saturated heterocycles. The van der Waals surface area contributed by atoms with Gasteiger partial charge in [-0.2, -0.15) is 0 Å². The molecule has 0 saturated carbocycles. The van der Waals surface area contributed by atoms with E-state index in [0.717, 1.165) is 94.1 Å². The lowest BCUT2D eigenvalue weighted by molar-refractivity contribution is 0.798. The second kappa shape index (κ2) is 39.3. The van der Waals surface area contributed by atoms with Crippen molar-refractivity contribution in [1.82, 2.24) is 0 Å². The second-order valence-corrected chi connectivity index (χ2v) is 17.6. The Morgan fingerprint density at radius 1 is 0.493 bits per heavy atom. The minimum Gasteiger partial charge on any atom is -0.253 e. The fraction of sp³-hybridized carbons (Fsp3) is 0.338. The van der Waals surface area contributed by atoms with E-state index < -0.39 is 0 Å². The summed E-state index contributed by atoms with van der Waals surface area (Å²) in [7, 11) is 0. The topological polar surface area (TPSA) is 37.1 Å². The highest BCUT2D eigenvalue weighted by molar-refractivity contribution is 6.10. The minimum absolute atomic E-state index is 0.912. The Kier molecular flexibility index (Phi) is 34.6. The van der Waals surface area contributed by atoms with Gasteiger partial charge < -0.3 is 0 Å². The zero-order valence-corrected chi connectivity index (χ0v) is 46.7. The molecule has 0 spiro atoms. The van der Waals surface area contributed by atoms with Crippen molar-refractivity contribution in [2.24, 2.45) is 15.0 Å². The molecule has 4 aromatic carbocycles. The summed E-state index contributed by atoms with van der Waals surface area (Å²) in [5.74, 6) is 0. The number of unbranched alkanes of at least 4 members (excludes halogenated alkanes) is 3. The van der Waals surface area contributed by atoms with Crippen molar-refractivity contribution in [2.75, 3.05) is 0 Å². The van der Waals surface area contributed by atoms with Crippen LogP contribution in [0, 0.1) is 20.8 Å². The highest BCUT2D eigenvalue weighted by Gasteiger charge is 2.13. The minimum atomic E-state index is 0.912. The van der Waals surface area contributed by atoms with Crippen LogP contribution in [0.5, 0.6) is 0 Å². The van der Waals surface area contributed by atoms with E-state index in [4.69, 9.17) is 15.0 Å². The molecule has 71 heavy (non-hydrogen) atoms. The van der Waals surface area contributed by atoms with Gasteiger partial charge in [0, 0.05) is 17.1 Å². The number of aryl methyl sites for hydroxylation is 3. The number of allylic oxidation sites excluding steroid dienone is 17. The summed E-state index contributed by atoms with van der Waals surface area (Å²) in [6, 6.07) is 31.6. The molecular weight excluding hydrogens is 859 g/mol. The average Bonchev–Trinajstić information content (AvgIpc) is 3.58. The smallest absolute Gasteiger partial charge is 0.0662 e. The first-order chi connectivity index (χ1) is 34.3. The number of benzene rings is 4. The normalized spacial score (nSPS) is 13.0. The first-order valence-electron chi connectivity index (χ1n) is 26.2. The summed E-state index contributed by atoms with van der Waals surface area (Å²) < 4.78 is 0. The van der Waals surface area contributed by atoms with Crippen molar-refractivity contribution in [1.29, 1.82) is 0 Å². The molecule has 0 amide bonds. The van der Waals surface area contributed by atoms with E-state index in [2.05, 4.69) is 198 Å². The van der Waals surface area contributed by atoms with Crippen LogP contribution >= 0.6 is 0 Å². The van der Waals surface area contributed by atoms with Crippen LogP contribution in [0.1, 0.15) is 167 Å². The van der Waals surface area contributed by atoms with Crippen molar-refractivity contribution in [2.45, 2.75) is 155 Å². The molecule has 0 bridgehead atoms. The summed E-state index contributed by atoms with van der Waals surface area (Å²) >= 11 is 0. The third-order valence-electron chi connectivity index (χ3n) is 11.5. The zero-order chi connectivity index (χ0) is 52.7. The van der Waals surface area contributed by atoms with E-state index in [1.807, 2.05) is 81.5 Å². The lowest BCUT2D eigenvalue weighted by Crippen LogP contribution is -2.08. The van der Waals surface area contributed by atoms with Crippen LogP contribution in [0.25, 0.3) is 0 Å². The van der Waals surface area contributed by atoms with Crippen LogP contribution < -0.4 is 0 Å². The van der Waals surface area contributed by atoms with Crippen LogP contribution in [0.4, 0.5) is 17.1 Å². The summed E-state index contributed by atoms with van der Waals surface area (Å²) in [6.07, 6.45) is 39.4. The first kappa shape index (κ1) is 62.6. The lowest BCUT2D eigenvalue weighted by atomic mass is 9.95. The zero-order valence-electron chi connectivity index (χ0n) is 46.7. The first-order valence-corrected chi connectivity index (χ1v) is 26.2. The van der Waals surface area contributed by atoms with Gasteiger partial charge in [-0.1, -0.05) is 200 Å². The van der Waals surface area contributed by atoms with Crippen LogP contribution in [0.15, 0.2) is 214 Å². The van der Waals surface area contributed by atoms with Crippen molar-refractivity contribution in [3.05, 3.63) is 233 Å². The van der Waals surface area contributed by atoms with E-state index in [1.165, 1.54) is 48.0 Å². The van der Waals surface area contributed by atoms with Crippen LogP contribution in [0.2, 0.25) is 0 Å². The third kappa shape index (κ3) is 26.9. The van der Waals surface area contributed by atoms with Gasteiger partial charge in [-0.15, -0.1) is 0 Å². The number of aliphatic imine (C=N–C) groups is 3. The van der Waals surface area contributed by atoms with Crippen LogP contribution in [-0.4, -0.2) is 17.1 Å². The summed E-state index contributed by atoms with van der Waals surface area (Å²) in [4.78, 5) is 15.2. The summed E-state index contributed by atoms with van der Waals surface area (Å²) in [5, 5.41) is 0. The van der Waals surface area contributed by atoms with Crippen molar-refractivity contribution in [3.63, 3.8) is 0 Å². The molecule has 3 heteroatoms. The molecule has 0 atom stereocenters. The highest BCUT2D eigenvalue weighted by atomic mass is 14.8. The number of para-hydroxylation sites is 3. The maximum atomic E-state index is 5.20. The Bertz CT molecular complexity index is 2390. The Morgan fingerprint density at radius 3 is 1.27 bits per heavy atom. The molecule has 1 aliphatic carbocycles. The molecule has 0 fully saturated rings. The molecular formula is C68H91N3. The molecule has 5 rings (SSSR count). The van der Waals surface area contributed by atoms with Gasteiger partial charge in [0.1, 0.15) is 0 Å². The van der Waals surface area contributed by atoms with Crippen molar-refractivity contribution < 1.29 is 0 Å². The molecule has 0 aliphatic heterocycles. The fourth-order valence-electron chi connectivity index (χ4n) is 6.56. The number of nitrogens with zero attached hydrogens (tertiary/aromatic N) is 3. The van der Waals surface area contributed by atoms with Gasteiger partial charge in [-0.3, -0.25) is 15.0 Å². The molecule has 0 N–H and O–H groups in total. The predicted octanol–water partition coefficient (Wildman–Crippen LogP) is 21.4. The highest BCUT2D eigenvalue weighted by Crippen LogP contribution is 2.26. The van der Waals surface area contributed by atoms with E-state index in [0.29, 0.717) is 0 Å². The summed E-state index contributed by atoms with van der Waals surface area (Å²) in [5.41, 5.74) is 16.9. The standard InChI is InChI=1S/C36H39N3.C11H18.C9H12.C8H12.C4H10/c1-7-8-18-36(39-35-21-14-11-17-27(35)4)32-23-30(28(5)37-33-19-12-9-15-25(33)2)22-31(24-32)29(6)38-34-20-13-10-16-26(34)3;1-4-7-9-11(6-3)10-8-5-2;1-8-6-4-3-5-7-9(8)2;1-3-5-7-8-6-4-2;1-3-4-2/h9-17,19-24H,7-8,18H2,1-6H3;4,6-7,9H,3,5,8,10H2,1-2H3;4-7H,3H2,1-2H3;3-8H,1-2H3;3-4H2,1-2H3/b;7-4-,11-9+;;5-3-,6-4+,8-7-;. The number of rotatable bonds is 17. The fourth-order valence-corrected chi connectivity index (χ4v) is 6.56. The SMILES string of the molecule is C=C/C(=C\C=C/C)CCCC.CC1=C(C)C=CCC=C1.CCCC.CCCCC(=Nc1ccccc1C)c1cc(C(C)=Nc2ccccc2C)cc(C(C)=Nc2ccccc2C)c1.C\C=C/C=C\C=C\C. The van der Waals surface area contributed by atoms with E-state index in [1.54, 1.807) is 0 Å². The molecule has 0 unspecified atom stereocenters. The van der Waals surface area contributed by atoms with Gasteiger partial charge >= 0.3 is 0 Å². The quantitative estimate of drug-likeness (QED) is 0.0747.